The SMILES string of the molecule is C[Si](C)(C)c1ccc2nc(-c3ccccn3)ccc2c1. The summed E-state index contributed by atoms with van der Waals surface area (Å²) >= 11 is 0. The molecule has 3 rings (SSSR count). The largest absolute Gasteiger partial charge is 0.255 e. The third kappa shape index (κ3) is 2.49. The Hall–Kier alpha value is -2.00. The molecule has 0 saturated heterocycles. The average molecular weight is 278 g/mol. The Kier molecular flexibility index (Phi) is 3.14. The van der Waals surface area contributed by atoms with Crippen molar-refractivity contribution in [1.29, 1.82) is 0 Å². The zero-order valence-corrected chi connectivity index (χ0v) is 13.1. The van der Waals surface area contributed by atoms with E-state index < -0.39 is 8.07 Å². The second kappa shape index (κ2) is 4.83. The number of rotatable bonds is 2. The molecule has 0 atom stereocenters. The van der Waals surface area contributed by atoms with Crippen molar-refractivity contribution in [2.24, 2.45) is 0 Å². The van der Waals surface area contributed by atoms with E-state index in [-0.39, 0.29) is 0 Å². The molecule has 100 valence electrons. The predicted molar refractivity (Wildman–Crippen MR) is 88.0 cm³/mol. The van der Waals surface area contributed by atoms with Crippen molar-refractivity contribution in [1.82, 2.24) is 9.97 Å². The van der Waals surface area contributed by atoms with Crippen LogP contribution in [-0.4, -0.2) is 18.0 Å². The Labute approximate surface area is 120 Å². The van der Waals surface area contributed by atoms with Gasteiger partial charge in [0.05, 0.1) is 25.0 Å². The normalized spacial score (nSPS) is 11.8. The maximum atomic E-state index is 4.72. The molecule has 2 aromatic heterocycles. The van der Waals surface area contributed by atoms with Crippen molar-refractivity contribution in [3.63, 3.8) is 0 Å². The molecule has 0 radical (unpaired) electrons. The molecule has 0 bridgehead atoms. The van der Waals surface area contributed by atoms with Gasteiger partial charge < -0.3 is 0 Å². The lowest BCUT2D eigenvalue weighted by Crippen LogP contribution is -2.37. The molecule has 0 saturated carbocycles. The van der Waals surface area contributed by atoms with Crippen LogP contribution < -0.4 is 5.19 Å². The second-order valence-corrected chi connectivity index (χ2v) is 11.1. The summed E-state index contributed by atoms with van der Waals surface area (Å²) in [6.07, 6.45) is 1.80. The van der Waals surface area contributed by atoms with Crippen molar-refractivity contribution >= 4 is 24.2 Å². The number of aromatic nitrogens is 2. The van der Waals surface area contributed by atoms with Crippen molar-refractivity contribution < 1.29 is 0 Å². The smallest absolute Gasteiger partial charge is 0.0893 e. The number of hydrogen-bond donors (Lipinski definition) is 0. The second-order valence-electron chi connectivity index (χ2n) is 6.07. The van der Waals surface area contributed by atoms with Gasteiger partial charge in [-0.05, 0) is 24.3 Å². The first kappa shape index (κ1) is 13.0. The van der Waals surface area contributed by atoms with Crippen LogP contribution in [-0.2, 0) is 0 Å². The lowest BCUT2D eigenvalue weighted by Gasteiger charge is -2.17. The van der Waals surface area contributed by atoms with Gasteiger partial charge in [-0.15, -0.1) is 0 Å². The Morgan fingerprint density at radius 3 is 2.40 bits per heavy atom. The Morgan fingerprint density at radius 2 is 1.70 bits per heavy atom. The Bertz CT molecular complexity index is 746. The van der Waals surface area contributed by atoms with Gasteiger partial charge in [-0.25, -0.2) is 4.98 Å². The highest BCUT2D eigenvalue weighted by atomic mass is 28.3. The summed E-state index contributed by atoms with van der Waals surface area (Å²) < 4.78 is 0. The summed E-state index contributed by atoms with van der Waals surface area (Å²) in [4.78, 5) is 9.08. The number of nitrogens with zero attached hydrogens (tertiary/aromatic N) is 2. The highest BCUT2D eigenvalue weighted by molar-refractivity contribution is 6.88. The fourth-order valence-corrected chi connectivity index (χ4v) is 3.42. The van der Waals surface area contributed by atoms with E-state index in [1.165, 1.54) is 10.6 Å². The molecule has 0 N–H and O–H groups in total. The highest BCUT2D eigenvalue weighted by Crippen LogP contribution is 2.19. The summed E-state index contributed by atoms with van der Waals surface area (Å²) in [5.41, 5.74) is 2.89. The molecule has 3 heteroatoms. The first-order valence-corrected chi connectivity index (χ1v) is 10.4. The van der Waals surface area contributed by atoms with E-state index in [2.05, 4.69) is 55.0 Å². The average Bonchev–Trinajstić information content (AvgIpc) is 2.46. The molecule has 2 heterocycles. The van der Waals surface area contributed by atoms with Crippen LogP contribution in [0, 0.1) is 0 Å². The van der Waals surface area contributed by atoms with Crippen LogP contribution in [0.5, 0.6) is 0 Å². The summed E-state index contributed by atoms with van der Waals surface area (Å²) in [6.45, 7) is 7.09. The van der Waals surface area contributed by atoms with Crippen LogP contribution in [0.3, 0.4) is 0 Å². The topological polar surface area (TPSA) is 25.8 Å². The minimum atomic E-state index is -1.27. The molecule has 0 aliphatic carbocycles. The lowest BCUT2D eigenvalue weighted by atomic mass is 10.1. The highest BCUT2D eigenvalue weighted by Gasteiger charge is 2.16. The van der Waals surface area contributed by atoms with E-state index in [4.69, 9.17) is 4.98 Å². The van der Waals surface area contributed by atoms with E-state index in [0.29, 0.717) is 0 Å². The van der Waals surface area contributed by atoms with Gasteiger partial charge in [0.1, 0.15) is 0 Å². The zero-order chi connectivity index (χ0) is 14.2. The van der Waals surface area contributed by atoms with Crippen molar-refractivity contribution in [2.45, 2.75) is 19.6 Å². The number of pyridine rings is 2. The van der Waals surface area contributed by atoms with Crippen LogP contribution in [0.4, 0.5) is 0 Å². The van der Waals surface area contributed by atoms with Gasteiger partial charge in [0, 0.05) is 11.6 Å². The summed E-state index contributed by atoms with van der Waals surface area (Å²) in [5, 5.41) is 2.68. The van der Waals surface area contributed by atoms with E-state index in [1.54, 1.807) is 6.20 Å². The minimum absolute atomic E-state index is 0.920. The summed E-state index contributed by atoms with van der Waals surface area (Å²) in [5.74, 6) is 0. The van der Waals surface area contributed by atoms with E-state index in [0.717, 1.165) is 16.9 Å². The standard InChI is InChI=1S/C17H18N2Si/c1-20(2,3)14-8-10-15-13(12-14)7-9-17(19-15)16-6-4-5-11-18-16/h4-12H,1-3H3. The fourth-order valence-electron chi connectivity index (χ4n) is 2.25. The maximum Gasteiger partial charge on any atom is 0.0893 e. The molecule has 20 heavy (non-hydrogen) atoms. The Balaban J connectivity index is 2.10. The maximum absolute atomic E-state index is 4.72. The summed E-state index contributed by atoms with van der Waals surface area (Å²) in [6, 6.07) is 16.8. The number of fused-ring (bicyclic) bond motifs is 1. The molecule has 1 aromatic carbocycles. The molecule has 3 aromatic rings. The fraction of sp³-hybridized carbons (Fsp3) is 0.176. The van der Waals surface area contributed by atoms with Gasteiger partial charge in [0.25, 0.3) is 0 Å². The van der Waals surface area contributed by atoms with Crippen LogP contribution in [0.15, 0.2) is 54.7 Å². The molecule has 0 amide bonds. The van der Waals surface area contributed by atoms with Crippen LogP contribution in [0.2, 0.25) is 19.6 Å². The van der Waals surface area contributed by atoms with Gasteiger partial charge in [-0.1, -0.05) is 49.1 Å². The van der Waals surface area contributed by atoms with Crippen molar-refractivity contribution in [2.75, 3.05) is 0 Å². The van der Waals surface area contributed by atoms with Gasteiger partial charge in [0.15, 0.2) is 0 Å². The third-order valence-corrected chi connectivity index (χ3v) is 5.53. The first-order valence-electron chi connectivity index (χ1n) is 6.87. The van der Waals surface area contributed by atoms with Gasteiger partial charge >= 0.3 is 0 Å². The molecule has 0 aliphatic heterocycles. The molecular weight excluding hydrogens is 260 g/mol. The number of hydrogen-bond acceptors (Lipinski definition) is 2. The Morgan fingerprint density at radius 1 is 0.850 bits per heavy atom. The third-order valence-electron chi connectivity index (χ3n) is 3.48. The van der Waals surface area contributed by atoms with E-state index >= 15 is 0 Å². The molecule has 0 spiro atoms. The van der Waals surface area contributed by atoms with Gasteiger partial charge in [0.2, 0.25) is 0 Å². The quantitative estimate of drug-likeness (QED) is 0.666. The molecule has 0 unspecified atom stereocenters. The van der Waals surface area contributed by atoms with Crippen LogP contribution in [0.25, 0.3) is 22.3 Å². The van der Waals surface area contributed by atoms with Crippen molar-refractivity contribution in [3.8, 4) is 11.4 Å². The first-order chi connectivity index (χ1) is 9.54. The predicted octanol–water partition coefficient (Wildman–Crippen LogP) is 3.84. The van der Waals surface area contributed by atoms with Crippen LogP contribution >= 0.6 is 0 Å². The lowest BCUT2D eigenvalue weighted by molar-refractivity contribution is 1.28. The van der Waals surface area contributed by atoms with E-state index in [1.807, 2.05) is 18.2 Å². The molecule has 2 nitrogen and oxygen atoms in total. The molecule has 0 fully saturated rings. The monoisotopic (exact) mass is 278 g/mol. The van der Waals surface area contributed by atoms with Crippen LogP contribution in [0.1, 0.15) is 0 Å². The molecule has 0 aliphatic rings. The van der Waals surface area contributed by atoms with Crippen molar-refractivity contribution in [3.05, 3.63) is 54.7 Å². The van der Waals surface area contributed by atoms with E-state index in [9.17, 15) is 0 Å². The minimum Gasteiger partial charge on any atom is -0.255 e. The summed E-state index contributed by atoms with van der Waals surface area (Å²) in [7, 11) is -1.27. The van der Waals surface area contributed by atoms with Gasteiger partial charge in [-0.2, -0.15) is 0 Å². The molecular formula is C17H18N2Si. The number of benzene rings is 1. The van der Waals surface area contributed by atoms with Gasteiger partial charge in [-0.3, -0.25) is 4.98 Å². The zero-order valence-electron chi connectivity index (χ0n) is 12.1.